The number of aryl methyl sites for hydroxylation is 1. The van der Waals surface area contributed by atoms with Crippen LogP contribution in [0.2, 0.25) is 0 Å². The summed E-state index contributed by atoms with van der Waals surface area (Å²) in [6.07, 6.45) is 1.48. The fraction of sp³-hybridized carbons (Fsp3) is 0.174. The van der Waals surface area contributed by atoms with Crippen LogP contribution in [0.15, 0.2) is 69.2 Å². The van der Waals surface area contributed by atoms with E-state index in [1.165, 1.54) is 18.0 Å². The fourth-order valence-corrected chi connectivity index (χ4v) is 4.24. The number of fused-ring (bicyclic) bond motifs is 1. The minimum atomic E-state index is -0.216. The van der Waals surface area contributed by atoms with Crippen LogP contribution in [-0.4, -0.2) is 36.5 Å². The highest BCUT2D eigenvalue weighted by Crippen LogP contribution is 2.26. The maximum Gasteiger partial charge on any atom is 0.269 e. The maximum atomic E-state index is 13.2. The summed E-state index contributed by atoms with van der Waals surface area (Å²) in [6.45, 7) is 4.50. The molecule has 33 heavy (non-hydrogen) atoms. The molecule has 3 heterocycles. The molecule has 5 rings (SSSR count). The summed E-state index contributed by atoms with van der Waals surface area (Å²) < 4.78 is 12.5. The van der Waals surface area contributed by atoms with Crippen LogP contribution in [0.4, 0.5) is 0 Å². The summed E-state index contributed by atoms with van der Waals surface area (Å²) in [4.78, 5) is 22.3. The first-order chi connectivity index (χ1) is 16.1. The van der Waals surface area contributed by atoms with Gasteiger partial charge in [-0.25, -0.2) is 4.98 Å². The highest BCUT2D eigenvalue weighted by molar-refractivity contribution is 7.98. The number of rotatable bonds is 7. The molecule has 0 spiro atoms. The quantitative estimate of drug-likeness (QED) is 0.285. The van der Waals surface area contributed by atoms with Crippen LogP contribution in [0.5, 0.6) is 5.75 Å². The molecule has 9 nitrogen and oxygen atoms in total. The van der Waals surface area contributed by atoms with Gasteiger partial charge in [0.15, 0.2) is 10.8 Å². The summed E-state index contributed by atoms with van der Waals surface area (Å²) in [5, 5.41) is 11.7. The second kappa shape index (κ2) is 8.91. The van der Waals surface area contributed by atoms with E-state index in [2.05, 4.69) is 25.3 Å². The molecule has 10 heteroatoms. The van der Waals surface area contributed by atoms with Crippen molar-refractivity contribution < 1.29 is 9.26 Å². The molecule has 0 atom stereocenters. The number of nitrogens with zero attached hydrogens (tertiary/aromatic N) is 5. The lowest BCUT2D eigenvalue weighted by molar-refractivity contribution is 0.340. The zero-order valence-corrected chi connectivity index (χ0v) is 18.8. The Hall–Kier alpha value is -3.92. The van der Waals surface area contributed by atoms with Gasteiger partial charge in [-0.2, -0.15) is 10.1 Å². The van der Waals surface area contributed by atoms with Crippen LogP contribution in [0.25, 0.3) is 28.1 Å². The van der Waals surface area contributed by atoms with Crippen LogP contribution in [0, 0.1) is 6.92 Å². The Balaban J connectivity index is 1.47. The Morgan fingerprint density at radius 2 is 2.00 bits per heavy atom. The first-order valence-corrected chi connectivity index (χ1v) is 11.3. The number of aromatic amines is 1. The Kier molecular flexibility index (Phi) is 5.66. The third-order valence-electron chi connectivity index (χ3n) is 4.93. The van der Waals surface area contributed by atoms with Crippen LogP contribution < -0.4 is 10.3 Å². The van der Waals surface area contributed by atoms with E-state index in [9.17, 15) is 4.79 Å². The summed E-state index contributed by atoms with van der Waals surface area (Å²) in [5.74, 6) is 2.04. The number of hydrogen-bond acceptors (Lipinski definition) is 8. The second-order valence-corrected chi connectivity index (χ2v) is 8.21. The first-order valence-electron chi connectivity index (χ1n) is 10.3. The molecule has 3 aromatic heterocycles. The standard InChI is InChI=1S/C23H20N6O3S/c1-3-31-17-9-7-16(8-10-17)29-22(30)18-12-24-27-21(18)26-23(29)33-13-19-25-20(28-32-19)15-6-4-5-14(2)11-15/h4-12H,3,13H2,1-2H3,(H,24,27). The van der Waals surface area contributed by atoms with E-state index in [4.69, 9.17) is 9.26 Å². The monoisotopic (exact) mass is 460 g/mol. The molecule has 0 aliphatic rings. The maximum absolute atomic E-state index is 13.2. The molecule has 0 saturated carbocycles. The van der Waals surface area contributed by atoms with Crippen molar-refractivity contribution in [2.75, 3.05) is 6.61 Å². The number of aromatic nitrogens is 6. The third kappa shape index (κ3) is 4.24. The lowest BCUT2D eigenvalue weighted by Gasteiger charge is -2.12. The third-order valence-corrected chi connectivity index (χ3v) is 5.85. The predicted octanol–water partition coefficient (Wildman–Crippen LogP) is 4.16. The number of ether oxygens (including phenoxy) is 1. The largest absolute Gasteiger partial charge is 0.494 e. The number of H-pyrrole nitrogens is 1. The summed E-state index contributed by atoms with van der Waals surface area (Å²) in [6, 6.07) is 15.2. The minimum Gasteiger partial charge on any atom is -0.494 e. The van der Waals surface area contributed by atoms with Crippen molar-refractivity contribution in [3.8, 4) is 22.8 Å². The molecule has 5 aromatic rings. The van der Waals surface area contributed by atoms with E-state index in [0.29, 0.717) is 46.0 Å². The molecule has 0 bridgehead atoms. The summed E-state index contributed by atoms with van der Waals surface area (Å²) in [5.41, 5.74) is 2.89. The molecule has 166 valence electrons. The Morgan fingerprint density at radius 1 is 1.15 bits per heavy atom. The lowest BCUT2D eigenvalue weighted by atomic mass is 10.1. The van der Waals surface area contributed by atoms with Crippen molar-refractivity contribution in [2.45, 2.75) is 24.8 Å². The second-order valence-electron chi connectivity index (χ2n) is 7.26. The molecule has 0 unspecified atom stereocenters. The van der Waals surface area contributed by atoms with Gasteiger partial charge in [0.25, 0.3) is 5.56 Å². The smallest absolute Gasteiger partial charge is 0.269 e. The molecule has 0 amide bonds. The molecule has 1 N–H and O–H groups in total. The molecular weight excluding hydrogens is 440 g/mol. The van der Waals surface area contributed by atoms with Crippen LogP contribution in [-0.2, 0) is 5.75 Å². The summed E-state index contributed by atoms with van der Waals surface area (Å²) in [7, 11) is 0. The minimum absolute atomic E-state index is 0.216. The van der Waals surface area contributed by atoms with Gasteiger partial charge in [0, 0.05) is 5.56 Å². The predicted molar refractivity (Wildman–Crippen MR) is 125 cm³/mol. The van der Waals surface area contributed by atoms with E-state index < -0.39 is 0 Å². The van der Waals surface area contributed by atoms with Crippen molar-refractivity contribution in [1.82, 2.24) is 29.9 Å². The number of hydrogen-bond donors (Lipinski definition) is 1. The van der Waals surface area contributed by atoms with Crippen LogP contribution in [0.1, 0.15) is 18.4 Å². The van der Waals surface area contributed by atoms with Gasteiger partial charge in [-0.3, -0.25) is 14.5 Å². The van der Waals surface area contributed by atoms with E-state index in [0.717, 1.165) is 16.9 Å². The zero-order chi connectivity index (χ0) is 22.8. The lowest BCUT2D eigenvalue weighted by Crippen LogP contribution is -2.21. The number of benzene rings is 2. The van der Waals surface area contributed by atoms with E-state index >= 15 is 0 Å². The normalized spacial score (nSPS) is 11.2. The summed E-state index contributed by atoms with van der Waals surface area (Å²) >= 11 is 1.33. The van der Waals surface area contributed by atoms with Gasteiger partial charge in [-0.05, 0) is 44.2 Å². The average Bonchev–Trinajstić information content (AvgIpc) is 3.49. The van der Waals surface area contributed by atoms with Gasteiger partial charge >= 0.3 is 0 Å². The van der Waals surface area contributed by atoms with E-state index in [-0.39, 0.29) is 5.56 Å². The van der Waals surface area contributed by atoms with Gasteiger partial charge in [0.1, 0.15) is 11.1 Å². The van der Waals surface area contributed by atoms with Crippen molar-refractivity contribution in [3.05, 3.63) is 76.5 Å². The molecular formula is C23H20N6O3S. The Labute approximate surface area is 192 Å². The topological polar surface area (TPSA) is 112 Å². The van der Waals surface area contributed by atoms with Gasteiger partial charge in [-0.1, -0.05) is 40.7 Å². The van der Waals surface area contributed by atoms with Crippen molar-refractivity contribution in [2.24, 2.45) is 0 Å². The van der Waals surface area contributed by atoms with Crippen LogP contribution >= 0.6 is 11.8 Å². The highest BCUT2D eigenvalue weighted by Gasteiger charge is 2.17. The SMILES string of the molecule is CCOc1ccc(-n2c(SCc3nc(-c4cccc(C)c4)no3)nc3[nH]ncc3c2=O)cc1. The molecule has 0 aliphatic carbocycles. The Bertz CT molecular complexity index is 1470. The molecule has 0 fully saturated rings. The van der Waals surface area contributed by atoms with Gasteiger partial charge in [0.05, 0.1) is 24.2 Å². The van der Waals surface area contributed by atoms with Gasteiger partial charge in [-0.15, -0.1) is 0 Å². The van der Waals surface area contributed by atoms with E-state index in [1.807, 2.05) is 62.4 Å². The Morgan fingerprint density at radius 3 is 2.79 bits per heavy atom. The van der Waals surface area contributed by atoms with Crippen molar-refractivity contribution in [3.63, 3.8) is 0 Å². The molecule has 0 radical (unpaired) electrons. The van der Waals surface area contributed by atoms with Crippen molar-refractivity contribution >= 4 is 22.8 Å². The van der Waals surface area contributed by atoms with Gasteiger partial charge < -0.3 is 9.26 Å². The van der Waals surface area contributed by atoms with E-state index in [1.54, 1.807) is 4.57 Å². The zero-order valence-electron chi connectivity index (χ0n) is 18.0. The van der Waals surface area contributed by atoms with Gasteiger partial charge in [0.2, 0.25) is 11.7 Å². The number of nitrogens with one attached hydrogen (secondary N) is 1. The van der Waals surface area contributed by atoms with Crippen molar-refractivity contribution in [1.29, 1.82) is 0 Å². The highest BCUT2D eigenvalue weighted by atomic mass is 32.2. The molecule has 2 aromatic carbocycles. The van der Waals surface area contributed by atoms with Crippen LogP contribution in [0.3, 0.4) is 0 Å². The molecule has 0 saturated heterocycles. The average molecular weight is 461 g/mol. The first kappa shape index (κ1) is 21.0. The fourth-order valence-electron chi connectivity index (χ4n) is 3.40. The molecule has 0 aliphatic heterocycles. The number of thioether (sulfide) groups is 1.